The summed E-state index contributed by atoms with van der Waals surface area (Å²) in [5, 5.41) is 0. The van der Waals surface area contributed by atoms with Crippen molar-refractivity contribution in [1.29, 1.82) is 0 Å². The van der Waals surface area contributed by atoms with Crippen LogP contribution in [0, 0.1) is 5.41 Å². The Kier molecular flexibility index (Phi) is 3.28. The molecule has 17 heavy (non-hydrogen) atoms. The molecule has 0 amide bonds. The predicted molar refractivity (Wildman–Crippen MR) is 73.1 cm³/mol. The van der Waals surface area contributed by atoms with Crippen LogP contribution in [0.5, 0.6) is 0 Å². The third-order valence-corrected chi connectivity index (χ3v) is 3.54. The Morgan fingerprint density at radius 1 is 1.29 bits per heavy atom. The number of thiocarbonyl (C=S) groups is 1. The first kappa shape index (κ1) is 12.2. The van der Waals surface area contributed by atoms with Gasteiger partial charge in [-0.2, -0.15) is 0 Å². The van der Waals surface area contributed by atoms with Crippen molar-refractivity contribution in [3.8, 4) is 0 Å². The van der Waals surface area contributed by atoms with Crippen LogP contribution in [-0.2, 0) is 0 Å². The molecule has 2 N–H and O–H groups in total. The molecule has 1 aliphatic rings. The summed E-state index contributed by atoms with van der Waals surface area (Å²) in [7, 11) is 0. The summed E-state index contributed by atoms with van der Waals surface area (Å²) in [5.41, 5.74) is 6.52. The number of piperidine rings is 1. The van der Waals surface area contributed by atoms with Gasteiger partial charge in [0.2, 0.25) is 0 Å². The SMILES string of the molecule is CC1(C)CCN(c2cnc(C(N)=S)cn2)CC1. The Balaban J connectivity index is 2.06. The van der Waals surface area contributed by atoms with Crippen molar-refractivity contribution in [2.75, 3.05) is 18.0 Å². The summed E-state index contributed by atoms with van der Waals surface area (Å²) in [6.07, 6.45) is 5.78. The van der Waals surface area contributed by atoms with E-state index in [2.05, 4.69) is 28.7 Å². The highest BCUT2D eigenvalue weighted by molar-refractivity contribution is 7.80. The highest BCUT2D eigenvalue weighted by Crippen LogP contribution is 2.31. The fraction of sp³-hybridized carbons (Fsp3) is 0.583. The quantitative estimate of drug-likeness (QED) is 0.810. The second-order valence-corrected chi connectivity index (χ2v) is 5.72. The number of nitrogens with zero attached hydrogens (tertiary/aromatic N) is 3. The lowest BCUT2D eigenvalue weighted by atomic mass is 9.83. The van der Waals surface area contributed by atoms with Crippen LogP contribution in [0.3, 0.4) is 0 Å². The van der Waals surface area contributed by atoms with Crippen LogP contribution in [0.25, 0.3) is 0 Å². The molecule has 0 radical (unpaired) electrons. The lowest BCUT2D eigenvalue weighted by Gasteiger charge is -2.37. The topological polar surface area (TPSA) is 55.0 Å². The van der Waals surface area contributed by atoms with E-state index in [-0.39, 0.29) is 0 Å². The van der Waals surface area contributed by atoms with Crippen LogP contribution < -0.4 is 10.6 Å². The van der Waals surface area contributed by atoms with E-state index in [0.29, 0.717) is 16.1 Å². The first-order valence-electron chi connectivity index (χ1n) is 5.85. The molecule has 2 rings (SSSR count). The summed E-state index contributed by atoms with van der Waals surface area (Å²) in [6.45, 7) is 6.69. The summed E-state index contributed by atoms with van der Waals surface area (Å²) >= 11 is 4.85. The van der Waals surface area contributed by atoms with Crippen molar-refractivity contribution < 1.29 is 0 Å². The molecular weight excluding hydrogens is 232 g/mol. The first-order valence-corrected chi connectivity index (χ1v) is 6.26. The summed E-state index contributed by atoms with van der Waals surface area (Å²) < 4.78 is 0. The fourth-order valence-electron chi connectivity index (χ4n) is 1.95. The van der Waals surface area contributed by atoms with Crippen molar-refractivity contribution in [2.45, 2.75) is 26.7 Å². The van der Waals surface area contributed by atoms with E-state index in [1.54, 1.807) is 12.4 Å². The van der Waals surface area contributed by atoms with Crippen molar-refractivity contribution in [2.24, 2.45) is 11.1 Å². The monoisotopic (exact) mass is 250 g/mol. The molecule has 1 fully saturated rings. The molecule has 0 aliphatic carbocycles. The van der Waals surface area contributed by atoms with Gasteiger partial charge in [-0.25, -0.2) is 9.97 Å². The zero-order valence-corrected chi connectivity index (χ0v) is 11.1. The number of rotatable bonds is 2. The summed E-state index contributed by atoms with van der Waals surface area (Å²) in [4.78, 5) is 11.1. The van der Waals surface area contributed by atoms with E-state index in [9.17, 15) is 0 Å². The molecular formula is C12H18N4S. The Hall–Kier alpha value is -1.23. The average molecular weight is 250 g/mol. The van der Waals surface area contributed by atoms with E-state index in [0.717, 1.165) is 18.9 Å². The molecule has 2 heterocycles. The van der Waals surface area contributed by atoms with Crippen molar-refractivity contribution in [3.05, 3.63) is 18.1 Å². The Labute approximate surface area is 107 Å². The summed E-state index contributed by atoms with van der Waals surface area (Å²) in [6, 6.07) is 0. The smallest absolute Gasteiger partial charge is 0.147 e. The minimum absolute atomic E-state index is 0.295. The molecule has 0 aromatic carbocycles. The molecule has 1 aliphatic heterocycles. The van der Waals surface area contributed by atoms with Gasteiger partial charge in [0.1, 0.15) is 16.5 Å². The Bertz CT molecular complexity index is 403. The van der Waals surface area contributed by atoms with E-state index in [1.807, 2.05) is 0 Å². The van der Waals surface area contributed by atoms with Crippen LogP contribution in [0.15, 0.2) is 12.4 Å². The normalized spacial score (nSPS) is 19.1. The summed E-state index contributed by atoms with van der Waals surface area (Å²) in [5.74, 6) is 0.917. The predicted octanol–water partition coefficient (Wildman–Crippen LogP) is 1.74. The maximum atomic E-state index is 5.49. The van der Waals surface area contributed by atoms with E-state index in [4.69, 9.17) is 18.0 Å². The first-order chi connectivity index (χ1) is 7.98. The molecule has 1 saturated heterocycles. The number of hydrogen-bond acceptors (Lipinski definition) is 4. The van der Waals surface area contributed by atoms with Gasteiger partial charge in [0.05, 0.1) is 12.4 Å². The van der Waals surface area contributed by atoms with Gasteiger partial charge in [-0.05, 0) is 18.3 Å². The molecule has 0 saturated carbocycles. The lowest BCUT2D eigenvalue weighted by Crippen LogP contribution is -2.37. The van der Waals surface area contributed by atoms with Gasteiger partial charge in [0, 0.05) is 13.1 Å². The largest absolute Gasteiger partial charge is 0.388 e. The van der Waals surface area contributed by atoms with Gasteiger partial charge in [-0.1, -0.05) is 26.1 Å². The molecule has 1 aromatic rings. The molecule has 0 atom stereocenters. The van der Waals surface area contributed by atoms with Crippen molar-refractivity contribution >= 4 is 23.0 Å². The van der Waals surface area contributed by atoms with Gasteiger partial charge in [0.25, 0.3) is 0 Å². The molecule has 0 spiro atoms. The second kappa shape index (κ2) is 4.56. The molecule has 5 heteroatoms. The van der Waals surface area contributed by atoms with Gasteiger partial charge < -0.3 is 10.6 Å². The molecule has 1 aromatic heterocycles. The van der Waals surface area contributed by atoms with Gasteiger partial charge in [0.15, 0.2) is 0 Å². The Morgan fingerprint density at radius 3 is 2.41 bits per heavy atom. The van der Waals surface area contributed by atoms with Crippen molar-refractivity contribution in [3.63, 3.8) is 0 Å². The minimum Gasteiger partial charge on any atom is -0.388 e. The number of hydrogen-bond donors (Lipinski definition) is 1. The van der Waals surface area contributed by atoms with Gasteiger partial charge in [-0.15, -0.1) is 0 Å². The minimum atomic E-state index is 0.295. The highest BCUT2D eigenvalue weighted by Gasteiger charge is 2.25. The van der Waals surface area contributed by atoms with Crippen LogP contribution in [0.2, 0.25) is 0 Å². The van der Waals surface area contributed by atoms with Gasteiger partial charge >= 0.3 is 0 Å². The number of nitrogens with two attached hydrogens (primary N) is 1. The molecule has 4 nitrogen and oxygen atoms in total. The average Bonchev–Trinajstić information content (AvgIpc) is 2.29. The van der Waals surface area contributed by atoms with E-state index >= 15 is 0 Å². The fourth-order valence-corrected chi connectivity index (χ4v) is 2.06. The Morgan fingerprint density at radius 2 is 1.94 bits per heavy atom. The zero-order valence-electron chi connectivity index (χ0n) is 10.3. The third kappa shape index (κ3) is 2.91. The third-order valence-electron chi connectivity index (χ3n) is 3.33. The zero-order chi connectivity index (χ0) is 12.5. The van der Waals surface area contributed by atoms with E-state index in [1.165, 1.54) is 12.8 Å². The van der Waals surface area contributed by atoms with Crippen LogP contribution >= 0.6 is 12.2 Å². The van der Waals surface area contributed by atoms with E-state index < -0.39 is 0 Å². The maximum absolute atomic E-state index is 5.49. The molecule has 92 valence electrons. The standard InChI is InChI=1S/C12H18N4S/c1-12(2)3-5-16(6-4-12)10-8-14-9(7-15-10)11(13)17/h7-8H,3-6H2,1-2H3,(H2,13,17). The van der Waals surface area contributed by atoms with Crippen LogP contribution in [0.4, 0.5) is 5.82 Å². The van der Waals surface area contributed by atoms with Crippen LogP contribution in [0.1, 0.15) is 32.4 Å². The van der Waals surface area contributed by atoms with Gasteiger partial charge in [-0.3, -0.25) is 0 Å². The number of aromatic nitrogens is 2. The lowest BCUT2D eigenvalue weighted by molar-refractivity contribution is 0.279. The molecule has 0 unspecified atom stereocenters. The highest BCUT2D eigenvalue weighted by atomic mass is 32.1. The second-order valence-electron chi connectivity index (χ2n) is 5.28. The van der Waals surface area contributed by atoms with Crippen LogP contribution in [-0.4, -0.2) is 28.0 Å². The maximum Gasteiger partial charge on any atom is 0.147 e. The van der Waals surface area contributed by atoms with Crippen molar-refractivity contribution in [1.82, 2.24) is 9.97 Å². The molecule has 0 bridgehead atoms. The number of anilines is 1.